The Hall–Kier alpha value is -2.12. The molecule has 1 saturated carbocycles. The third-order valence-electron chi connectivity index (χ3n) is 4.44. The zero-order valence-electron chi connectivity index (χ0n) is 15.2. The van der Waals surface area contributed by atoms with Crippen LogP contribution in [-0.2, 0) is 0 Å². The van der Waals surface area contributed by atoms with Gasteiger partial charge in [-0.2, -0.15) is 0 Å². The summed E-state index contributed by atoms with van der Waals surface area (Å²) in [4.78, 5) is 17.7. The van der Waals surface area contributed by atoms with Gasteiger partial charge < -0.3 is 15.2 Å². The number of hydrogen-bond acceptors (Lipinski definition) is 5. The smallest absolute Gasteiger partial charge is 0.257 e. The van der Waals surface area contributed by atoms with Crippen LogP contribution in [0.2, 0.25) is 0 Å². The molecule has 144 valence electrons. The lowest BCUT2D eigenvalue weighted by Crippen LogP contribution is -2.45. The number of pyridine rings is 1. The van der Waals surface area contributed by atoms with Gasteiger partial charge in [0.2, 0.25) is 5.88 Å². The number of nitrogens with zero attached hydrogens (tertiary/aromatic N) is 1. The molecule has 5 nitrogen and oxygen atoms in total. The second kappa shape index (κ2) is 9.19. The molecule has 27 heavy (non-hydrogen) atoms. The van der Waals surface area contributed by atoms with Crippen LogP contribution in [0.5, 0.6) is 11.6 Å². The van der Waals surface area contributed by atoms with E-state index in [0.717, 1.165) is 35.8 Å². The highest BCUT2D eigenvalue weighted by molar-refractivity contribution is 7.99. The first-order valence-corrected chi connectivity index (χ1v) is 10.1. The fourth-order valence-corrected chi connectivity index (χ4v) is 3.81. The van der Waals surface area contributed by atoms with Crippen molar-refractivity contribution in [3.05, 3.63) is 47.9 Å². The van der Waals surface area contributed by atoms with E-state index in [0.29, 0.717) is 18.6 Å². The van der Waals surface area contributed by atoms with Gasteiger partial charge in [0.05, 0.1) is 18.3 Å². The lowest BCUT2D eigenvalue weighted by Gasteiger charge is -2.28. The van der Waals surface area contributed by atoms with Crippen LogP contribution in [0.25, 0.3) is 0 Å². The van der Waals surface area contributed by atoms with Gasteiger partial charge in [0.1, 0.15) is 17.1 Å². The molecule has 1 fully saturated rings. The van der Waals surface area contributed by atoms with Crippen molar-refractivity contribution in [1.82, 2.24) is 10.3 Å². The van der Waals surface area contributed by atoms with E-state index in [1.807, 2.05) is 18.2 Å². The average Bonchev–Trinajstić information content (AvgIpc) is 2.65. The maximum Gasteiger partial charge on any atom is 0.257 e. The van der Waals surface area contributed by atoms with E-state index in [2.05, 4.69) is 17.2 Å². The summed E-state index contributed by atoms with van der Waals surface area (Å²) in [7, 11) is 0. The zero-order valence-corrected chi connectivity index (χ0v) is 16.0. The fraction of sp³-hybridized carbons (Fsp3) is 0.400. The van der Waals surface area contributed by atoms with Gasteiger partial charge in [0.25, 0.3) is 5.91 Å². The van der Waals surface area contributed by atoms with Gasteiger partial charge in [-0.05, 0) is 42.9 Å². The SMILES string of the molecule is CCSc1cccc(Oc2ncc(F)cc2C(=O)NC2CCCCC2O)c1. The molecule has 3 rings (SSSR count). The summed E-state index contributed by atoms with van der Waals surface area (Å²) in [6.45, 7) is 2.06. The molecule has 2 unspecified atom stereocenters. The van der Waals surface area contributed by atoms with Crippen molar-refractivity contribution < 1.29 is 19.0 Å². The summed E-state index contributed by atoms with van der Waals surface area (Å²) < 4.78 is 19.5. The first kappa shape index (κ1) is 19.6. The molecule has 1 aromatic carbocycles. The number of benzene rings is 1. The lowest BCUT2D eigenvalue weighted by molar-refractivity contribution is 0.0715. The molecule has 1 amide bonds. The molecular formula is C20H23FN2O3S. The van der Waals surface area contributed by atoms with Gasteiger partial charge in [-0.25, -0.2) is 9.37 Å². The molecule has 1 aliphatic rings. The second-order valence-electron chi connectivity index (χ2n) is 6.45. The third kappa shape index (κ3) is 5.20. The van der Waals surface area contributed by atoms with Gasteiger partial charge in [0.15, 0.2) is 0 Å². The largest absolute Gasteiger partial charge is 0.438 e. The third-order valence-corrected chi connectivity index (χ3v) is 5.32. The van der Waals surface area contributed by atoms with Crippen molar-refractivity contribution in [3.63, 3.8) is 0 Å². The molecular weight excluding hydrogens is 367 g/mol. The summed E-state index contributed by atoms with van der Waals surface area (Å²) in [6, 6.07) is 8.21. The van der Waals surface area contributed by atoms with Crippen LogP contribution in [-0.4, -0.2) is 33.9 Å². The van der Waals surface area contributed by atoms with E-state index in [1.54, 1.807) is 17.8 Å². The van der Waals surface area contributed by atoms with Crippen molar-refractivity contribution in [2.75, 3.05) is 5.75 Å². The quantitative estimate of drug-likeness (QED) is 0.725. The van der Waals surface area contributed by atoms with E-state index in [9.17, 15) is 14.3 Å². The minimum Gasteiger partial charge on any atom is -0.438 e. The maximum absolute atomic E-state index is 13.7. The molecule has 0 aliphatic heterocycles. The number of rotatable bonds is 6. The molecule has 0 spiro atoms. The molecule has 0 radical (unpaired) electrons. The number of carbonyl (C=O) groups excluding carboxylic acids is 1. The second-order valence-corrected chi connectivity index (χ2v) is 7.79. The van der Waals surface area contributed by atoms with Crippen LogP contribution in [0.15, 0.2) is 41.4 Å². The van der Waals surface area contributed by atoms with Crippen molar-refractivity contribution in [3.8, 4) is 11.6 Å². The predicted molar refractivity (Wildman–Crippen MR) is 103 cm³/mol. The van der Waals surface area contributed by atoms with E-state index in [1.165, 1.54) is 0 Å². The molecule has 7 heteroatoms. The number of halogens is 1. The van der Waals surface area contributed by atoms with Crippen LogP contribution in [0.3, 0.4) is 0 Å². The molecule has 1 aromatic heterocycles. The molecule has 1 aliphatic carbocycles. The summed E-state index contributed by atoms with van der Waals surface area (Å²) in [5.41, 5.74) is 0.0151. The number of nitrogens with one attached hydrogen (secondary N) is 1. The fourth-order valence-electron chi connectivity index (χ4n) is 3.10. The topological polar surface area (TPSA) is 71.5 Å². The Balaban J connectivity index is 1.80. The highest BCUT2D eigenvalue weighted by atomic mass is 32.2. The Morgan fingerprint density at radius 1 is 1.37 bits per heavy atom. The standard InChI is InChI=1S/C20H23FN2O3S/c1-2-27-15-7-5-6-14(11-15)26-20-16(10-13(21)12-22-20)19(25)23-17-8-3-4-9-18(17)24/h5-7,10-12,17-18,24H,2-4,8-9H2,1H3,(H,23,25). The number of aliphatic hydroxyl groups excluding tert-OH is 1. The normalized spacial score (nSPS) is 19.5. The number of aliphatic hydroxyl groups is 1. The van der Waals surface area contributed by atoms with Gasteiger partial charge in [0, 0.05) is 4.90 Å². The van der Waals surface area contributed by atoms with Crippen LogP contribution >= 0.6 is 11.8 Å². The number of carbonyl (C=O) groups is 1. The van der Waals surface area contributed by atoms with Gasteiger partial charge in [-0.3, -0.25) is 4.79 Å². The Morgan fingerprint density at radius 3 is 2.96 bits per heavy atom. The summed E-state index contributed by atoms with van der Waals surface area (Å²) in [5.74, 6) is 0.376. The molecule has 0 saturated heterocycles. The lowest BCUT2D eigenvalue weighted by atomic mass is 9.92. The highest BCUT2D eigenvalue weighted by Gasteiger charge is 2.26. The number of thioether (sulfide) groups is 1. The molecule has 2 N–H and O–H groups in total. The Bertz CT molecular complexity index is 803. The van der Waals surface area contributed by atoms with Crippen LogP contribution in [0, 0.1) is 5.82 Å². The van der Waals surface area contributed by atoms with Gasteiger partial charge >= 0.3 is 0 Å². The first-order valence-electron chi connectivity index (χ1n) is 9.12. The number of hydrogen-bond donors (Lipinski definition) is 2. The Labute approximate surface area is 162 Å². The van der Waals surface area contributed by atoms with Crippen molar-refractivity contribution in [1.29, 1.82) is 0 Å². The van der Waals surface area contributed by atoms with E-state index in [-0.39, 0.29) is 17.5 Å². The van der Waals surface area contributed by atoms with Crippen molar-refractivity contribution >= 4 is 17.7 Å². The minimum atomic E-state index is -0.619. The molecule has 2 atom stereocenters. The van der Waals surface area contributed by atoms with Crippen LogP contribution in [0.1, 0.15) is 43.0 Å². The summed E-state index contributed by atoms with van der Waals surface area (Å²) in [6.07, 6.45) is 3.66. The minimum absolute atomic E-state index is 0.0151. The number of amides is 1. The number of aromatic nitrogens is 1. The predicted octanol–water partition coefficient (Wildman–Crippen LogP) is 4.16. The van der Waals surface area contributed by atoms with Crippen molar-refractivity contribution in [2.45, 2.75) is 49.6 Å². The molecule has 1 heterocycles. The van der Waals surface area contributed by atoms with Crippen LogP contribution < -0.4 is 10.1 Å². The Kier molecular flexibility index (Phi) is 6.68. The summed E-state index contributed by atoms with van der Waals surface area (Å²) >= 11 is 1.67. The van der Waals surface area contributed by atoms with E-state index < -0.39 is 17.8 Å². The molecule has 0 bridgehead atoms. The number of ether oxygens (including phenoxy) is 1. The average molecular weight is 390 g/mol. The van der Waals surface area contributed by atoms with Crippen LogP contribution in [0.4, 0.5) is 4.39 Å². The van der Waals surface area contributed by atoms with Crippen molar-refractivity contribution in [2.24, 2.45) is 0 Å². The van der Waals surface area contributed by atoms with E-state index in [4.69, 9.17) is 4.74 Å². The Morgan fingerprint density at radius 2 is 2.19 bits per heavy atom. The van der Waals surface area contributed by atoms with Gasteiger partial charge in [-0.15, -0.1) is 11.8 Å². The molecule has 2 aromatic rings. The first-order chi connectivity index (χ1) is 13.1. The zero-order chi connectivity index (χ0) is 19.2. The summed E-state index contributed by atoms with van der Waals surface area (Å²) in [5, 5.41) is 12.9. The van der Waals surface area contributed by atoms with Gasteiger partial charge in [-0.1, -0.05) is 25.8 Å². The maximum atomic E-state index is 13.7. The van der Waals surface area contributed by atoms with E-state index >= 15 is 0 Å². The monoisotopic (exact) mass is 390 g/mol. The highest BCUT2D eigenvalue weighted by Crippen LogP contribution is 2.28.